The molecule has 0 spiro atoms. The third-order valence-electron chi connectivity index (χ3n) is 0. The molecule has 0 rings (SSSR count). The van der Waals surface area contributed by atoms with Gasteiger partial charge in [-0.15, -0.1) is 0 Å². The first-order valence-electron chi connectivity index (χ1n) is 0.447. The van der Waals surface area contributed by atoms with Crippen LogP contribution in [0.2, 0.25) is 0 Å². The predicted molar refractivity (Wildman–Crippen MR) is 15.7 cm³/mol. The van der Waals surface area contributed by atoms with Crippen LogP contribution in [0.3, 0.4) is 0 Å². The van der Waals surface area contributed by atoms with Crippen molar-refractivity contribution in [2.24, 2.45) is 0 Å². The van der Waals surface area contributed by atoms with Gasteiger partial charge in [-0.2, -0.15) is 5.26 Å². The molecular formula is CH2CoNS+. The smallest absolute Gasteiger partial charge is 0.185 e. The van der Waals surface area contributed by atoms with E-state index in [0.717, 1.165) is 0 Å². The Hall–Kier alpha value is 0.346. The summed E-state index contributed by atoms with van der Waals surface area (Å²) in [5.41, 5.74) is 0. The third-order valence-corrected chi connectivity index (χ3v) is 0. The molecule has 25 valence electrons. The maximum Gasteiger partial charge on any atom is 1.00 e. The minimum atomic E-state index is 0. The van der Waals surface area contributed by atoms with Gasteiger partial charge in [0.2, 0.25) is 0 Å². The zero-order valence-corrected chi connectivity index (χ0v) is 3.66. The molecule has 0 amide bonds. The van der Waals surface area contributed by atoms with E-state index in [4.69, 9.17) is 5.26 Å². The van der Waals surface area contributed by atoms with Gasteiger partial charge >= 0.3 is 1.43 Å². The molecule has 0 fully saturated rings. The van der Waals surface area contributed by atoms with Gasteiger partial charge < -0.3 is 0 Å². The second-order valence-corrected chi connectivity index (χ2v) is 0.300. The molecule has 3 heteroatoms. The molecule has 0 N–H and O–H groups in total. The van der Waals surface area contributed by atoms with Crippen molar-refractivity contribution in [2.45, 2.75) is 0 Å². The minimum absolute atomic E-state index is 0. The molecule has 0 saturated carbocycles. The van der Waals surface area contributed by atoms with Crippen LogP contribution in [0.5, 0.6) is 0 Å². The van der Waals surface area contributed by atoms with E-state index in [1.165, 1.54) is 5.40 Å². The summed E-state index contributed by atoms with van der Waals surface area (Å²) in [6, 6.07) is 0. The van der Waals surface area contributed by atoms with Crippen molar-refractivity contribution >= 4 is 12.6 Å². The molecular weight excluding hydrogens is 117 g/mol. The van der Waals surface area contributed by atoms with Gasteiger partial charge in [-0.1, -0.05) is 12.6 Å². The van der Waals surface area contributed by atoms with Crippen LogP contribution in [0.4, 0.5) is 0 Å². The van der Waals surface area contributed by atoms with Gasteiger partial charge in [-0.05, 0) is 0 Å². The van der Waals surface area contributed by atoms with Gasteiger partial charge in [0, 0.05) is 16.8 Å². The van der Waals surface area contributed by atoms with Crippen molar-refractivity contribution in [3.05, 3.63) is 0 Å². The zero-order valence-electron chi connectivity index (χ0n) is 2.73. The first kappa shape index (κ1) is 8.84. The van der Waals surface area contributed by atoms with E-state index in [0.29, 0.717) is 0 Å². The number of thiocyanates is 1. The second kappa shape index (κ2) is 10.2. The fraction of sp³-hybridized carbons (Fsp3) is 0. The Labute approximate surface area is 42.1 Å². The SMILES string of the molecule is N#CS.[Co].[H+]. The van der Waals surface area contributed by atoms with Crippen LogP contribution in [0.15, 0.2) is 0 Å². The summed E-state index contributed by atoms with van der Waals surface area (Å²) in [7, 11) is 0. The number of rotatable bonds is 0. The Bertz CT molecular complexity index is 33.1. The van der Waals surface area contributed by atoms with E-state index in [1.807, 2.05) is 0 Å². The summed E-state index contributed by atoms with van der Waals surface area (Å²) in [6.07, 6.45) is 0. The van der Waals surface area contributed by atoms with Gasteiger partial charge in [0.05, 0.1) is 0 Å². The van der Waals surface area contributed by atoms with Gasteiger partial charge in [0.25, 0.3) is 0 Å². The van der Waals surface area contributed by atoms with Crippen LogP contribution >= 0.6 is 12.6 Å². The Balaban J connectivity index is -0.0000000200. The van der Waals surface area contributed by atoms with Crippen molar-refractivity contribution in [1.29, 1.82) is 5.26 Å². The average Bonchev–Trinajstić information content (AvgIpc) is 0.918. The normalized spacial score (nSPS) is 2.00. The van der Waals surface area contributed by atoms with E-state index < -0.39 is 0 Å². The Morgan fingerprint density at radius 3 is 2.00 bits per heavy atom. The first-order chi connectivity index (χ1) is 1.41. The second-order valence-electron chi connectivity index (χ2n) is 0.100. The van der Waals surface area contributed by atoms with E-state index in [-0.39, 0.29) is 18.2 Å². The molecule has 0 saturated heterocycles. The molecule has 4 heavy (non-hydrogen) atoms. The van der Waals surface area contributed by atoms with Gasteiger partial charge in [0.15, 0.2) is 0 Å². The summed E-state index contributed by atoms with van der Waals surface area (Å²) in [4.78, 5) is 0. The van der Waals surface area contributed by atoms with Gasteiger partial charge in [0.1, 0.15) is 5.40 Å². The van der Waals surface area contributed by atoms with Crippen LogP contribution < -0.4 is 0 Å². The standard InChI is InChI=1S/CHNS.Co/c2-1-3;/h3H;/p+1. The van der Waals surface area contributed by atoms with Crippen LogP contribution in [0.25, 0.3) is 0 Å². The molecule has 0 aliphatic heterocycles. The Kier molecular flexibility index (Phi) is 22.5. The molecule has 0 aromatic rings. The van der Waals surface area contributed by atoms with E-state index in [2.05, 4.69) is 12.6 Å². The molecule has 0 aliphatic carbocycles. The topological polar surface area (TPSA) is 23.8 Å². The van der Waals surface area contributed by atoms with Gasteiger partial charge in [-0.3, -0.25) is 0 Å². The summed E-state index contributed by atoms with van der Waals surface area (Å²) in [5, 5.41) is 8.63. The fourth-order valence-electron chi connectivity index (χ4n) is 0. The maximum absolute atomic E-state index is 7.18. The average molecular weight is 119 g/mol. The Morgan fingerprint density at radius 1 is 2.00 bits per heavy atom. The largest absolute Gasteiger partial charge is 1.00 e. The van der Waals surface area contributed by atoms with Crippen LogP contribution in [-0.4, -0.2) is 0 Å². The van der Waals surface area contributed by atoms with Crippen molar-refractivity contribution in [3.8, 4) is 5.40 Å². The number of thiol groups is 1. The minimum Gasteiger partial charge on any atom is -0.185 e. The summed E-state index contributed by atoms with van der Waals surface area (Å²) in [6.45, 7) is 0. The number of hydrogen-bond donors (Lipinski definition) is 1. The first-order valence-corrected chi connectivity index (χ1v) is 0.894. The van der Waals surface area contributed by atoms with E-state index >= 15 is 0 Å². The molecule has 1 radical (unpaired) electrons. The van der Waals surface area contributed by atoms with Crippen molar-refractivity contribution in [2.75, 3.05) is 0 Å². The molecule has 0 aromatic carbocycles. The maximum atomic E-state index is 7.18. The zero-order chi connectivity index (χ0) is 2.71. The summed E-state index contributed by atoms with van der Waals surface area (Å²) >= 11 is 3.09. The molecule has 0 atom stereocenters. The summed E-state index contributed by atoms with van der Waals surface area (Å²) < 4.78 is 0. The quantitative estimate of drug-likeness (QED) is 0.364. The van der Waals surface area contributed by atoms with E-state index in [1.54, 1.807) is 0 Å². The van der Waals surface area contributed by atoms with Crippen molar-refractivity contribution in [1.82, 2.24) is 0 Å². The number of hydrogen-bond acceptors (Lipinski definition) is 2. The van der Waals surface area contributed by atoms with Crippen molar-refractivity contribution < 1.29 is 18.2 Å². The molecule has 0 unspecified atom stereocenters. The molecule has 0 heterocycles. The summed E-state index contributed by atoms with van der Waals surface area (Å²) in [5.74, 6) is 0. The van der Waals surface area contributed by atoms with Crippen molar-refractivity contribution in [3.63, 3.8) is 0 Å². The van der Waals surface area contributed by atoms with Crippen LogP contribution in [-0.2, 0) is 16.8 Å². The van der Waals surface area contributed by atoms with Crippen LogP contribution in [0, 0.1) is 10.7 Å². The van der Waals surface area contributed by atoms with Crippen LogP contribution in [0.1, 0.15) is 1.43 Å². The van der Waals surface area contributed by atoms with Gasteiger partial charge in [-0.25, -0.2) is 0 Å². The van der Waals surface area contributed by atoms with E-state index in [9.17, 15) is 0 Å². The molecule has 0 aromatic heterocycles. The molecule has 0 bridgehead atoms. The fourth-order valence-corrected chi connectivity index (χ4v) is 0. The predicted octanol–water partition coefficient (Wildman–Crippen LogP) is 0.507. The number of nitriles is 1. The Morgan fingerprint density at radius 2 is 2.00 bits per heavy atom. The molecule has 1 nitrogen and oxygen atoms in total. The molecule has 0 aliphatic rings. The number of nitrogens with zero attached hydrogens (tertiary/aromatic N) is 1. The monoisotopic (exact) mass is 119 g/mol. The third kappa shape index (κ3) is 35.4.